The van der Waals surface area contributed by atoms with Gasteiger partial charge in [-0.15, -0.1) is 0 Å². The second-order valence-electron chi connectivity index (χ2n) is 3.94. The maximum atomic E-state index is 10.9. The minimum absolute atomic E-state index is 0.0246. The number of hydrogen-bond donors (Lipinski definition) is 0. The van der Waals surface area contributed by atoms with Gasteiger partial charge < -0.3 is 4.74 Å². The zero-order valence-corrected chi connectivity index (χ0v) is 12.9. The molecule has 0 aliphatic heterocycles. The molecule has 2 aromatic rings. The van der Waals surface area contributed by atoms with Crippen molar-refractivity contribution in [2.75, 3.05) is 11.9 Å². The molecule has 106 valence electrons. The Bertz CT molecular complexity index is 625. The number of alkyl halides is 1. The van der Waals surface area contributed by atoms with Crippen molar-refractivity contribution in [3.05, 3.63) is 39.5 Å². The number of hydrogen-bond acceptors (Lipinski definition) is 4. The Morgan fingerprint density at radius 3 is 2.85 bits per heavy atom. The predicted molar refractivity (Wildman–Crippen MR) is 79.6 cm³/mol. The molecule has 6 nitrogen and oxygen atoms in total. The number of rotatable bonds is 5. The van der Waals surface area contributed by atoms with Gasteiger partial charge in [-0.1, -0.05) is 27.5 Å². The highest BCUT2D eigenvalue weighted by Crippen LogP contribution is 2.36. The summed E-state index contributed by atoms with van der Waals surface area (Å²) in [7, 11) is 1.72. The van der Waals surface area contributed by atoms with Crippen LogP contribution in [-0.4, -0.2) is 26.6 Å². The molecule has 0 radical (unpaired) electrons. The minimum atomic E-state index is -0.456. The monoisotopic (exact) mass is 359 g/mol. The highest BCUT2D eigenvalue weighted by atomic mass is 79.9. The van der Waals surface area contributed by atoms with E-state index in [1.165, 1.54) is 18.3 Å². The average molecular weight is 361 g/mol. The number of halogens is 2. The molecule has 0 N–H and O–H groups in total. The largest absolute Gasteiger partial charge is 0.492 e. The van der Waals surface area contributed by atoms with E-state index in [0.29, 0.717) is 34.0 Å². The molecule has 0 fully saturated rings. The van der Waals surface area contributed by atoms with Gasteiger partial charge in [0.15, 0.2) is 0 Å². The van der Waals surface area contributed by atoms with Gasteiger partial charge in [0.05, 0.1) is 34.0 Å². The van der Waals surface area contributed by atoms with Gasteiger partial charge >= 0.3 is 0 Å². The van der Waals surface area contributed by atoms with Crippen LogP contribution in [0.1, 0.15) is 0 Å². The van der Waals surface area contributed by atoms with E-state index in [0.717, 1.165) is 0 Å². The number of aryl methyl sites for hydroxylation is 1. The Morgan fingerprint density at radius 1 is 1.55 bits per heavy atom. The van der Waals surface area contributed by atoms with E-state index in [1.807, 2.05) is 0 Å². The zero-order valence-electron chi connectivity index (χ0n) is 10.5. The lowest BCUT2D eigenvalue weighted by molar-refractivity contribution is -0.384. The molecular formula is C12H11BrClN3O3. The van der Waals surface area contributed by atoms with E-state index in [1.54, 1.807) is 17.8 Å². The van der Waals surface area contributed by atoms with Crippen molar-refractivity contribution in [2.45, 2.75) is 0 Å². The zero-order chi connectivity index (χ0) is 14.7. The molecule has 2 rings (SSSR count). The maximum absolute atomic E-state index is 10.9. The highest BCUT2D eigenvalue weighted by Gasteiger charge is 2.18. The van der Waals surface area contributed by atoms with Crippen molar-refractivity contribution in [1.29, 1.82) is 0 Å². The second kappa shape index (κ2) is 6.23. The summed E-state index contributed by atoms with van der Waals surface area (Å²) >= 11 is 9.37. The normalized spacial score (nSPS) is 10.6. The summed E-state index contributed by atoms with van der Waals surface area (Å²) in [6.45, 7) is 0.445. The number of benzene rings is 1. The van der Waals surface area contributed by atoms with Gasteiger partial charge in [-0.3, -0.25) is 14.8 Å². The average Bonchev–Trinajstić information content (AvgIpc) is 2.75. The summed E-state index contributed by atoms with van der Waals surface area (Å²) in [4.78, 5) is 10.5. The summed E-state index contributed by atoms with van der Waals surface area (Å²) < 4.78 is 7.14. The van der Waals surface area contributed by atoms with E-state index in [-0.39, 0.29) is 5.69 Å². The molecule has 0 aliphatic rings. The van der Waals surface area contributed by atoms with E-state index >= 15 is 0 Å². The van der Waals surface area contributed by atoms with Crippen LogP contribution in [0.15, 0.2) is 24.4 Å². The van der Waals surface area contributed by atoms with Gasteiger partial charge in [-0.25, -0.2) is 0 Å². The van der Waals surface area contributed by atoms with Gasteiger partial charge in [-0.2, -0.15) is 5.10 Å². The summed E-state index contributed by atoms with van der Waals surface area (Å²) in [6, 6.07) is 4.41. The first-order chi connectivity index (χ1) is 9.54. The fourth-order valence-corrected chi connectivity index (χ4v) is 2.23. The molecule has 0 amide bonds. The van der Waals surface area contributed by atoms with Crippen molar-refractivity contribution in [3.8, 4) is 17.0 Å². The first-order valence-electron chi connectivity index (χ1n) is 5.69. The van der Waals surface area contributed by atoms with Gasteiger partial charge in [0.25, 0.3) is 5.69 Å². The maximum Gasteiger partial charge on any atom is 0.270 e. The molecular weight excluding hydrogens is 350 g/mol. The van der Waals surface area contributed by atoms with Crippen LogP contribution in [0.3, 0.4) is 0 Å². The summed E-state index contributed by atoms with van der Waals surface area (Å²) in [5, 5.41) is 16.0. The van der Waals surface area contributed by atoms with Crippen molar-refractivity contribution < 1.29 is 9.66 Å². The number of nitrogens with zero attached hydrogens (tertiary/aromatic N) is 3. The molecule has 1 aromatic carbocycles. The van der Waals surface area contributed by atoms with Crippen LogP contribution in [0.25, 0.3) is 11.3 Å². The fraction of sp³-hybridized carbons (Fsp3) is 0.250. The number of ether oxygens (including phenoxy) is 1. The molecule has 1 aromatic heterocycles. The van der Waals surface area contributed by atoms with Gasteiger partial charge in [0, 0.05) is 24.5 Å². The number of aromatic nitrogens is 2. The molecule has 0 atom stereocenters. The quantitative estimate of drug-likeness (QED) is 0.465. The molecule has 8 heteroatoms. The number of nitro benzene ring substituents is 1. The van der Waals surface area contributed by atoms with Crippen LogP contribution in [-0.2, 0) is 7.05 Å². The first-order valence-corrected chi connectivity index (χ1v) is 7.19. The van der Waals surface area contributed by atoms with Gasteiger partial charge in [0.1, 0.15) is 5.75 Å². The highest BCUT2D eigenvalue weighted by molar-refractivity contribution is 9.09. The van der Waals surface area contributed by atoms with Crippen molar-refractivity contribution in [1.82, 2.24) is 9.78 Å². The molecule has 1 heterocycles. The van der Waals surface area contributed by atoms with Gasteiger partial charge in [0.2, 0.25) is 0 Å². The SMILES string of the molecule is Cn1ncc(Cl)c1-c1cc([N+](=O)[O-])ccc1OCCBr. The number of non-ortho nitro benzene ring substituents is 1. The third-order valence-electron chi connectivity index (χ3n) is 2.66. The molecule has 0 saturated heterocycles. The smallest absolute Gasteiger partial charge is 0.270 e. The van der Waals surface area contributed by atoms with Gasteiger partial charge in [-0.05, 0) is 6.07 Å². The van der Waals surface area contributed by atoms with Crippen molar-refractivity contribution in [3.63, 3.8) is 0 Å². The van der Waals surface area contributed by atoms with Crippen LogP contribution < -0.4 is 4.74 Å². The standard InChI is InChI=1S/C12H11BrClN3O3/c1-16-12(10(14)7-15-16)9-6-8(17(18)19)2-3-11(9)20-5-4-13/h2-3,6-7H,4-5H2,1H3. The Kier molecular flexibility index (Phi) is 4.61. The molecule has 0 unspecified atom stereocenters. The lowest BCUT2D eigenvalue weighted by Gasteiger charge is -2.11. The van der Waals surface area contributed by atoms with Crippen molar-refractivity contribution >= 4 is 33.2 Å². The van der Waals surface area contributed by atoms with Crippen LogP contribution in [0.2, 0.25) is 5.02 Å². The van der Waals surface area contributed by atoms with E-state index < -0.39 is 4.92 Å². The third kappa shape index (κ3) is 2.94. The van der Waals surface area contributed by atoms with Crippen LogP contribution in [0.5, 0.6) is 5.75 Å². The van der Waals surface area contributed by atoms with Crippen LogP contribution in [0, 0.1) is 10.1 Å². The van der Waals surface area contributed by atoms with E-state index in [9.17, 15) is 10.1 Å². The third-order valence-corrected chi connectivity index (χ3v) is 3.26. The lowest BCUT2D eigenvalue weighted by atomic mass is 10.1. The minimum Gasteiger partial charge on any atom is -0.492 e. The fourth-order valence-electron chi connectivity index (χ4n) is 1.80. The topological polar surface area (TPSA) is 70.2 Å². The molecule has 0 spiro atoms. The van der Waals surface area contributed by atoms with E-state index in [4.69, 9.17) is 16.3 Å². The Hall–Kier alpha value is -1.60. The molecule has 0 aliphatic carbocycles. The molecule has 20 heavy (non-hydrogen) atoms. The number of nitro groups is 1. The predicted octanol–water partition coefficient (Wildman–Crippen LogP) is 3.42. The van der Waals surface area contributed by atoms with Crippen molar-refractivity contribution in [2.24, 2.45) is 7.05 Å². The Balaban J connectivity index is 2.57. The van der Waals surface area contributed by atoms with Crippen LogP contribution >= 0.6 is 27.5 Å². The van der Waals surface area contributed by atoms with E-state index in [2.05, 4.69) is 21.0 Å². The summed E-state index contributed by atoms with van der Waals surface area (Å²) in [5.74, 6) is 0.528. The first kappa shape index (κ1) is 14.8. The second-order valence-corrected chi connectivity index (χ2v) is 5.14. The molecule has 0 bridgehead atoms. The molecule has 0 saturated carbocycles. The summed E-state index contributed by atoms with van der Waals surface area (Å²) in [5.41, 5.74) is 1.11. The Morgan fingerprint density at radius 2 is 2.30 bits per heavy atom. The Labute approximate surface area is 128 Å². The summed E-state index contributed by atoms with van der Waals surface area (Å²) in [6.07, 6.45) is 1.49. The van der Waals surface area contributed by atoms with Crippen LogP contribution in [0.4, 0.5) is 5.69 Å². The lowest BCUT2D eigenvalue weighted by Crippen LogP contribution is -2.02.